The van der Waals surface area contributed by atoms with Crippen LogP contribution in [0, 0.1) is 13.8 Å². The van der Waals surface area contributed by atoms with Crippen molar-refractivity contribution in [1.29, 1.82) is 0 Å². The highest BCUT2D eigenvalue weighted by atomic mass is 32.2. The lowest BCUT2D eigenvalue weighted by molar-refractivity contribution is 0.0991. The molecule has 0 bridgehead atoms. The second kappa shape index (κ2) is 19.5. The first-order chi connectivity index (χ1) is 29.9. The van der Waals surface area contributed by atoms with Gasteiger partial charge in [-0.25, -0.2) is 15.0 Å². The van der Waals surface area contributed by atoms with Crippen LogP contribution in [0.2, 0.25) is 0 Å². The maximum atomic E-state index is 13.7. The number of hydrogen-bond acceptors (Lipinski definition) is 13. The van der Waals surface area contributed by atoms with Gasteiger partial charge in [-0.1, -0.05) is 19.1 Å². The lowest BCUT2D eigenvalue weighted by Crippen LogP contribution is -2.44. The number of nitrogens with zero attached hydrogens (tertiary/aromatic N) is 9. The van der Waals surface area contributed by atoms with E-state index in [1.54, 1.807) is 46.4 Å². The van der Waals surface area contributed by atoms with Gasteiger partial charge in [-0.2, -0.15) is 5.10 Å². The predicted molar refractivity (Wildman–Crippen MR) is 246 cm³/mol. The molecule has 2 aromatic carbocycles. The van der Waals surface area contributed by atoms with Gasteiger partial charge in [0.1, 0.15) is 17.0 Å². The molecule has 0 aliphatic carbocycles. The highest BCUT2D eigenvalue weighted by Gasteiger charge is 2.22. The van der Waals surface area contributed by atoms with Crippen molar-refractivity contribution in [3.05, 3.63) is 80.6 Å². The van der Waals surface area contributed by atoms with Gasteiger partial charge in [-0.15, -0.1) is 23.1 Å². The Kier molecular flexibility index (Phi) is 13.9. The average molecular weight is 882 g/mol. The second-order valence-corrected chi connectivity index (χ2v) is 17.4. The molecule has 0 atom stereocenters. The minimum Gasteiger partial charge on any atom is -0.491 e. The summed E-state index contributed by atoms with van der Waals surface area (Å²) in [5, 5.41) is 12.0. The highest BCUT2D eigenvalue weighted by molar-refractivity contribution is 7.98. The Balaban J connectivity index is 1.23. The molecule has 0 unspecified atom stereocenters. The van der Waals surface area contributed by atoms with Crippen LogP contribution in [0.5, 0.6) is 5.75 Å². The number of thioether (sulfide) groups is 1. The van der Waals surface area contributed by atoms with Crippen molar-refractivity contribution in [2.45, 2.75) is 71.6 Å². The lowest BCUT2D eigenvalue weighted by atomic mass is 10.1. The van der Waals surface area contributed by atoms with Gasteiger partial charge in [0.25, 0.3) is 5.91 Å². The van der Waals surface area contributed by atoms with E-state index in [0.29, 0.717) is 78.3 Å². The maximum absolute atomic E-state index is 13.7. The van der Waals surface area contributed by atoms with Crippen molar-refractivity contribution in [3.63, 3.8) is 0 Å². The number of thiazole rings is 1. The Morgan fingerprint density at radius 2 is 1.55 bits per heavy atom. The number of carbonyl (C=O) groups excluding carboxylic acids is 3. The number of nitrogens with two attached hydrogens (primary N) is 2. The summed E-state index contributed by atoms with van der Waals surface area (Å²) in [4.78, 5) is 59.8. The molecule has 3 amide bonds. The molecule has 1 aliphatic rings. The number of nitrogens with one attached hydrogen (secondary N) is 2. The molecular formula is C43H55N13O4S2. The van der Waals surface area contributed by atoms with Crippen LogP contribution < -0.4 is 26.8 Å². The van der Waals surface area contributed by atoms with E-state index in [0.717, 1.165) is 82.8 Å². The third-order valence-electron chi connectivity index (χ3n) is 10.9. The van der Waals surface area contributed by atoms with E-state index < -0.39 is 11.8 Å². The number of allylic oxidation sites excluding steroid dienone is 2. The van der Waals surface area contributed by atoms with Gasteiger partial charge in [0.2, 0.25) is 23.7 Å². The van der Waals surface area contributed by atoms with Gasteiger partial charge in [0.05, 0.1) is 46.1 Å². The van der Waals surface area contributed by atoms with Crippen LogP contribution in [0.3, 0.4) is 0 Å². The van der Waals surface area contributed by atoms with Gasteiger partial charge in [-0.3, -0.25) is 24.4 Å². The molecule has 7 rings (SSSR count). The molecule has 1 aliphatic heterocycles. The largest absolute Gasteiger partial charge is 0.491 e. The Morgan fingerprint density at radius 1 is 0.887 bits per heavy atom. The zero-order valence-electron chi connectivity index (χ0n) is 36.2. The number of piperazine rings is 1. The number of aromatic nitrogens is 7. The summed E-state index contributed by atoms with van der Waals surface area (Å²) in [5.41, 5.74) is 16.9. The molecule has 4 aromatic heterocycles. The van der Waals surface area contributed by atoms with E-state index in [4.69, 9.17) is 31.2 Å². The van der Waals surface area contributed by atoms with Crippen LogP contribution in [0.15, 0.2) is 47.4 Å². The standard InChI is InChI=1S/C43H55N13O4S2/c1-7-30-36(62-27(4)47-30)25-46-42-48-31-21-28(39(44)57)23-34(60-19-11-12-53-17-15-52(5)16-18-53)37(31)54(42)13-9-10-14-55-38-32(22-29(40(45)58)24-35(38)61-6)49-43(55)50-41(59)33-20-26(3)51-56(33)8-2/h9-10,20-24H,7-8,11-19,25H2,1-6H3,(H2,44,57)(H2,45,58)(H,46,48)(H,49,50,59)/b10-9+. The fourth-order valence-electron chi connectivity index (χ4n) is 7.72. The van der Waals surface area contributed by atoms with Crippen LogP contribution in [0.25, 0.3) is 22.1 Å². The fraction of sp³-hybridized carbons (Fsp3) is 0.419. The van der Waals surface area contributed by atoms with Gasteiger partial charge < -0.3 is 40.5 Å². The third kappa shape index (κ3) is 9.80. The highest BCUT2D eigenvalue weighted by Crippen LogP contribution is 2.33. The Labute approximate surface area is 368 Å². The molecular weight excluding hydrogens is 827 g/mol. The summed E-state index contributed by atoms with van der Waals surface area (Å²) in [7, 11) is 2.15. The molecule has 62 heavy (non-hydrogen) atoms. The third-order valence-corrected chi connectivity index (χ3v) is 12.7. The first-order valence-electron chi connectivity index (χ1n) is 20.8. The number of benzene rings is 2. The average Bonchev–Trinajstić information content (AvgIpc) is 4.02. The number of carbonyl (C=O) groups is 3. The number of aryl methyl sites for hydroxylation is 4. The number of rotatable bonds is 19. The number of ether oxygens (including phenoxy) is 1. The molecule has 0 spiro atoms. The van der Waals surface area contributed by atoms with E-state index in [9.17, 15) is 14.4 Å². The molecule has 1 fully saturated rings. The van der Waals surface area contributed by atoms with Crippen LogP contribution in [-0.4, -0.2) is 114 Å². The quantitative estimate of drug-likeness (QED) is 0.0465. The predicted octanol–water partition coefficient (Wildman–Crippen LogP) is 5.29. The van der Waals surface area contributed by atoms with Crippen molar-refractivity contribution in [3.8, 4) is 5.75 Å². The van der Waals surface area contributed by atoms with Crippen LogP contribution in [0.4, 0.5) is 11.9 Å². The lowest BCUT2D eigenvalue weighted by Gasteiger charge is -2.32. The number of anilines is 2. The Morgan fingerprint density at radius 3 is 2.21 bits per heavy atom. The molecule has 1 saturated heterocycles. The van der Waals surface area contributed by atoms with Crippen LogP contribution in [0.1, 0.15) is 72.7 Å². The molecule has 328 valence electrons. The van der Waals surface area contributed by atoms with Crippen molar-refractivity contribution in [2.75, 3.05) is 63.3 Å². The second-order valence-electron chi connectivity index (χ2n) is 15.3. The number of amides is 3. The van der Waals surface area contributed by atoms with Crippen LogP contribution >= 0.6 is 23.1 Å². The summed E-state index contributed by atoms with van der Waals surface area (Å²) >= 11 is 3.11. The number of imidazole rings is 2. The first kappa shape index (κ1) is 44.3. The summed E-state index contributed by atoms with van der Waals surface area (Å²) < 4.78 is 12.1. The van der Waals surface area contributed by atoms with E-state index in [2.05, 4.69) is 39.5 Å². The summed E-state index contributed by atoms with van der Waals surface area (Å²) in [6.45, 7) is 15.1. The number of likely N-dealkylation sites (N-methyl/N-ethyl adjacent to an activating group) is 1. The van der Waals surface area contributed by atoms with E-state index >= 15 is 0 Å². The molecule has 5 heterocycles. The molecule has 6 aromatic rings. The number of primary amides is 2. The van der Waals surface area contributed by atoms with E-state index in [-0.39, 0.29) is 5.91 Å². The van der Waals surface area contributed by atoms with Crippen molar-refractivity contribution in [1.82, 2.24) is 43.7 Å². The molecule has 0 radical (unpaired) electrons. The Bertz CT molecular complexity index is 2630. The molecule has 6 N–H and O–H groups in total. The van der Waals surface area contributed by atoms with Gasteiger partial charge in [-0.05, 0) is 77.2 Å². The molecule has 0 saturated carbocycles. The topological polar surface area (TPSA) is 209 Å². The van der Waals surface area contributed by atoms with Gasteiger partial charge >= 0.3 is 0 Å². The number of fused-ring (bicyclic) bond motifs is 2. The summed E-state index contributed by atoms with van der Waals surface area (Å²) in [6, 6.07) is 8.54. The smallest absolute Gasteiger partial charge is 0.276 e. The van der Waals surface area contributed by atoms with Gasteiger partial charge in [0.15, 0.2) is 0 Å². The fourth-order valence-corrected chi connectivity index (χ4v) is 9.34. The maximum Gasteiger partial charge on any atom is 0.276 e. The van der Waals surface area contributed by atoms with Crippen molar-refractivity contribution >= 4 is 74.8 Å². The van der Waals surface area contributed by atoms with E-state index in [1.165, 1.54) is 11.8 Å². The van der Waals surface area contributed by atoms with Crippen molar-refractivity contribution < 1.29 is 19.1 Å². The van der Waals surface area contributed by atoms with E-state index in [1.807, 2.05) is 48.3 Å². The summed E-state index contributed by atoms with van der Waals surface area (Å²) in [5.74, 6) is -0.0744. The first-order valence-corrected chi connectivity index (χ1v) is 22.9. The zero-order chi connectivity index (χ0) is 44.1. The normalized spacial score (nSPS) is 13.8. The van der Waals surface area contributed by atoms with Crippen molar-refractivity contribution in [2.24, 2.45) is 11.5 Å². The minimum absolute atomic E-state index is 0.307. The minimum atomic E-state index is -0.570. The van der Waals surface area contributed by atoms with Crippen LogP contribution in [-0.2, 0) is 32.6 Å². The molecule has 19 heteroatoms. The van der Waals surface area contributed by atoms with Gasteiger partial charge in [0, 0.05) is 73.3 Å². The summed E-state index contributed by atoms with van der Waals surface area (Å²) in [6.07, 6.45) is 7.55. The molecule has 17 nitrogen and oxygen atoms in total. The number of hydrogen-bond donors (Lipinski definition) is 4. The zero-order valence-corrected chi connectivity index (χ0v) is 37.8. The SMILES string of the molecule is CCc1nc(C)sc1CNc1nc2cc(C(N)=O)cc(OCCCN3CCN(C)CC3)c2n1C/C=C/Cn1c(NC(=O)c2cc(C)nn2CC)nc2cc(C(N)=O)cc(SC)c21. The Hall–Kier alpha value is -5.76. The monoisotopic (exact) mass is 881 g/mol.